The zero-order valence-corrected chi connectivity index (χ0v) is 13.1. The predicted octanol–water partition coefficient (Wildman–Crippen LogP) is 3.83. The van der Waals surface area contributed by atoms with Crippen LogP contribution in [-0.4, -0.2) is 14.5 Å². The molecule has 0 N–H and O–H groups in total. The highest BCUT2D eigenvalue weighted by atomic mass is 15.1. The monoisotopic (exact) mass is 321 g/mol. The molecule has 5 heteroatoms. The van der Waals surface area contributed by atoms with E-state index >= 15 is 0 Å². The van der Waals surface area contributed by atoms with Crippen LogP contribution in [0.5, 0.6) is 0 Å². The number of benzene rings is 2. The Morgan fingerprint density at radius 3 is 2.00 bits per heavy atom. The maximum Gasteiger partial charge on any atom is 0.179 e. The Labute approximate surface area is 144 Å². The Bertz CT molecular complexity index is 1150. The SMILES string of the molecule is N#Cc1nc2cc(-c3ccccc3)n(-c3ccccc3)c2nc1C#N. The van der Waals surface area contributed by atoms with E-state index in [0.29, 0.717) is 11.2 Å². The van der Waals surface area contributed by atoms with Gasteiger partial charge in [0, 0.05) is 5.69 Å². The molecule has 0 spiro atoms. The lowest BCUT2D eigenvalue weighted by molar-refractivity contribution is 1.08. The van der Waals surface area contributed by atoms with E-state index in [4.69, 9.17) is 0 Å². The van der Waals surface area contributed by atoms with E-state index in [9.17, 15) is 10.5 Å². The molecule has 5 nitrogen and oxygen atoms in total. The molecule has 2 heterocycles. The van der Waals surface area contributed by atoms with Crippen molar-refractivity contribution in [3.63, 3.8) is 0 Å². The second-order valence-electron chi connectivity index (χ2n) is 5.42. The smallest absolute Gasteiger partial charge is 0.179 e. The van der Waals surface area contributed by atoms with Crippen LogP contribution in [0.4, 0.5) is 0 Å². The number of para-hydroxylation sites is 1. The van der Waals surface area contributed by atoms with E-state index in [1.165, 1.54) is 0 Å². The fourth-order valence-electron chi connectivity index (χ4n) is 2.82. The molecule has 116 valence electrons. The molecule has 4 rings (SSSR count). The first-order chi connectivity index (χ1) is 12.3. The van der Waals surface area contributed by atoms with Gasteiger partial charge in [-0.2, -0.15) is 10.5 Å². The second kappa shape index (κ2) is 5.92. The average molecular weight is 321 g/mol. The normalized spacial score (nSPS) is 10.3. The van der Waals surface area contributed by atoms with Crippen LogP contribution in [0.2, 0.25) is 0 Å². The first-order valence-corrected chi connectivity index (χ1v) is 7.66. The zero-order chi connectivity index (χ0) is 17.2. The summed E-state index contributed by atoms with van der Waals surface area (Å²) in [4.78, 5) is 8.73. The van der Waals surface area contributed by atoms with Crippen molar-refractivity contribution in [1.29, 1.82) is 10.5 Å². The lowest BCUT2D eigenvalue weighted by atomic mass is 10.1. The third kappa shape index (κ3) is 2.41. The molecule has 0 saturated heterocycles. The van der Waals surface area contributed by atoms with Crippen molar-refractivity contribution in [2.45, 2.75) is 0 Å². The van der Waals surface area contributed by atoms with Crippen LogP contribution in [0.1, 0.15) is 11.4 Å². The molecule has 0 bridgehead atoms. The highest BCUT2D eigenvalue weighted by Gasteiger charge is 2.17. The summed E-state index contributed by atoms with van der Waals surface area (Å²) in [5, 5.41) is 18.5. The van der Waals surface area contributed by atoms with Gasteiger partial charge < -0.3 is 0 Å². The molecule has 2 aromatic carbocycles. The molecule has 0 amide bonds. The van der Waals surface area contributed by atoms with Crippen LogP contribution in [-0.2, 0) is 0 Å². The van der Waals surface area contributed by atoms with Gasteiger partial charge in [0.25, 0.3) is 0 Å². The number of fused-ring (bicyclic) bond motifs is 1. The van der Waals surface area contributed by atoms with Crippen LogP contribution in [0.25, 0.3) is 28.1 Å². The lowest BCUT2D eigenvalue weighted by Crippen LogP contribution is -2.01. The predicted molar refractivity (Wildman–Crippen MR) is 93.7 cm³/mol. The summed E-state index contributed by atoms with van der Waals surface area (Å²) < 4.78 is 1.96. The molecule has 0 radical (unpaired) electrons. The van der Waals surface area contributed by atoms with Gasteiger partial charge in [-0.05, 0) is 23.8 Å². The summed E-state index contributed by atoms with van der Waals surface area (Å²) in [6.07, 6.45) is 0. The van der Waals surface area contributed by atoms with Gasteiger partial charge in [-0.25, -0.2) is 9.97 Å². The highest BCUT2D eigenvalue weighted by Crippen LogP contribution is 2.30. The van der Waals surface area contributed by atoms with E-state index in [1.807, 2.05) is 83.4 Å². The van der Waals surface area contributed by atoms with Crippen molar-refractivity contribution in [3.05, 3.63) is 78.1 Å². The first kappa shape index (κ1) is 14.6. The zero-order valence-electron chi connectivity index (χ0n) is 13.1. The summed E-state index contributed by atoms with van der Waals surface area (Å²) in [7, 11) is 0. The van der Waals surface area contributed by atoms with Crippen molar-refractivity contribution in [3.8, 4) is 29.1 Å². The Morgan fingerprint density at radius 2 is 1.36 bits per heavy atom. The standard InChI is InChI=1S/C20H11N5/c21-12-17-18(13-22)24-20-16(23-17)11-19(14-7-3-1-4-8-14)25(20)15-9-5-2-6-10-15/h1-11H. The average Bonchev–Trinajstić information content (AvgIpc) is 3.06. The third-order valence-corrected chi connectivity index (χ3v) is 3.93. The van der Waals surface area contributed by atoms with Crippen molar-refractivity contribution >= 4 is 11.2 Å². The Kier molecular flexibility index (Phi) is 3.46. The third-order valence-electron chi connectivity index (χ3n) is 3.93. The molecule has 4 aromatic rings. The number of rotatable bonds is 2. The van der Waals surface area contributed by atoms with Crippen LogP contribution in [0.15, 0.2) is 66.7 Å². The Morgan fingerprint density at radius 1 is 0.760 bits per heavy atom. The van der Waals surface area contributed by atoms with Gasteiger partial charge in [-0.15, -0.1) is 0 Å². The molecule has 0 atom stereocenters. The minimum Gasteiger partial charge on any atom is -0.293 e. The summed E-state index contributed by atoms with van der Waals surface area (Å²) in [6.45, 7) is 0. The molecule has 0 aliphatic heterocycles. The number of aromatic nitrogens is 3. The van der Waals surface area contributed by atoms with Crippen LogP contribution in [0, 0.1) is 22.7 Å². The molecule has 0 saturated carbocycles. The minimum absolute atomic E-state index is 0.0323. The van der Waals surface area contributed by atoms with Gasteiger partial charge in [0.1, 0.15) is 17.7 Å². The molecule has 25 heavy (non-hydrogen) atoms. The van der Waals surface area contributed by atoms with Gasteiger partial charge in [-0.1, -0.05) is 48.5 Å². The van der Waals surface area contributed by atoms with E-state index in [-0.39, 0.29) is 11.4 Å². The summed E-state index contributed by atoms with van der Waals surface area (Å²) in [5.41, 5.74) is 4.03. The van der Waals surface area contributed by atoms with E-state index in [2.05, 4.69) is 9.97 Å². The molecular weight excluding hydrogens is 310 g/mol. The lowest BCUT2D eigenvalue weighted by Gasteiger charge is -2.10. The second-order valence-corrected chi connectivity index (χ2v) is 5.42. The van der Waals surface area contributed by atoms with Crippen LogP contribution >= 0.6 is 0 Å². The number of hydrogen-bond donors (Lipinski definition) is 0. The summed E-state index contributed by atoms with van der Waals surface area (Å²) in [5.74, 6) is 0. The number of nitriles is 2. The fourth-order valence-corrected chi connectivity index (χ4v) is 2.82. The van der Waals surface area contributed by atoms with E-state index in [0.717, 1.165) is 16.9 Å². The Hall–Kier alpha value is -3.96. The Balaban J connectivity index is 2.12. The van der Waals surface area contributed by atoms with Gasteiger partial charge in [0.05, 0.1) is 5.69 Å². The maximum absolute atomic E-state index is 9.28. The fraction of sp³-hybridized carbons (Fsp3) is 0. The minimum atomic E-state index is 0.0323. The van der Waals surface area contributed by atoms with Gasteiger partial charge in [0.2, 0.25) is 0 Å². The highest BCUT2D eigenvalue weighted by molar-refractivity contribution is 5.84. The molecular formula is C20H11N5. The largest absolute Gasteiger partial charge is 0.293 e. The van der Waals surface area contributed by atoms with E-state index < -0.39 is 0 Å². The van der Waals surface area contributed by atoms with Crippen molar-refractivity contribution in [2.75, 3.05) is 0 Å². The van der Waals surface area contributed by atoms with Gasteiger partial charge in [0.15, 0.2) is 17.0 Å². The van der Waals surface area contributed by atoms with Crippen LogP contribution < -0.4 is 0 Å². The van der Waals surface area contributed by atoms with Crippen molar-refractivity contribution < 1.29 is 0 Å². The molecule has 0 aliphatic carbocycles. The summed E-state index contributed by atoms with van der Waals surface area (Å²) in [6, 6.07) is 25.5. The van der Waals surface area contributed by atoms with Gasteiger partial charge >= 0.3 is 0 Å². The topological polar surface area (TPSA) is 78.3 Å². The number of nitrogens with zero attached hydrogens (tertiary/aromatic N) is 5. The van der Waals surface area contributed by atoms with Crippen molar-refractivity contribution in [2.24, 2.45) is 0 Å². The summed E-state index contributed by atoms with van der Waals surface area (Å²) >= 11 is 0. The molecule has 2 aromatic heterocycles. The van der Waals surface area contributed by atoms with Crippen molar-refractivity contribution in [1.82, 2.24) is 14.5 Å². The van der Waals surface area contributed by atoms with E-state index in [1.54, 1.807) is 0 Å². The quantitative estimate of drug-likeness (QED) is 0.562. The molecule has 0 unspecified atom stereocenters. The molecule has 0 aliphatic rings. The maximum atomic E-state index is 9.28. The molecule has 0 fully saturated rings. The number of hydrogen-bond acceptors (Lipinski definition) is 4. The van der Waals surface area contributed by atoms with Crippen LogP contribution in [0.3, 0.4) is 0 Å². The van der Waals surface area contributed by atoms with Gasteiger partial charge in [-0.3, -0.25) is 4.57 Å². The first-order valence-electron chi connectivity index (χ1n) is 7.66.